The summed E-state index contributed by atoms with van der Waals surface area (Å²) in [7, 11) is 2.81. The van der Waals surface area contributed by atoms with Crippen molar-refractivity contribution in [2.45, 2.75) is 19.9 Å². The molecule has 5 rings (SSSR count). The molecule has 38 heavy (non-hydrogen) atoms. The Labute approximate surface area is 235 Å². The Bertz CT molecular complexity index is 1800. The summed E-state index contributed by atoms with van der Waals surface area (Å²) in [6, 6.07) is 13.9. The number of hydrogen-bond acceptors (Lipinski definition) is 7. The van der Waals surface area contributed by atoms with E-state index in [1.165, 1.54) is 30.1 Å². The number of allylic oxidation sites excluding steroid dienone is 1. The zero-order valence-electron chi connectivity index (χ0n) is 20.9. The molecule has 0 saturated carbocycles. The van der Waals surface area contributed by atoms with Crippen molar-refractivity contribution in [3.63, 3.8) is 0 Å². The number of ether oxygens (including phenoxy) is 2. The third-order valence-electron chi connectivity index (χ3n) is 6.20. The number of aryl methyl sites for hydroxylation is 1. The van der Waals surface area contributed by atoms with Gasteiger partial charge in [0.1, 0.15) is 23.3 Å². The number of methoxy groups -OCH3 is 2. The average molecular weight is 614 g/mol. The van der Waals surface area contributed by atoms with Crippen molar-refractivity contribution in [2.24, 2.45) is 4.99 Å². The maximum atomic E-state index is 13.8. The van der Waals surface area contributed by atoms with Crippen LogP contribution in [0.4, 0.5) is 0 Å². The van der Waals surface area contributed by atoms with Gasteiger partial charge in [0.15, 0.2) is 4.80 Å². The number of nitrogens with zero attached hydrogens (tertiary/aromatic N) is 2. The maximum absolute atomic E-state index is 13.8. The molecule has 1 atom stereocenters. The van der Waals surface area contributed by atoms with Crippen molar-refractivity contribution >= 4 is 50.9 Å². The Balaban J connectivity index is 1.68. The molecule has 194 valence electrons. The van der Waals surface area contributed by atoms with Crippen LogP contribution in [0.2, 0.25) is 5.02 Å². The fraction of sp³-hybridized carbons (Fsp3) is 0.179. The van der Waals surface area contributed by atoms with E-state index in [-0.39, 0.29) is 11.1 Å². The van der Waals surface area contributed by atoms with Crippen LogP contribution in [0.15, 0.2) is 78.5 Å². The molecule has 2 aromatic carbocycles. The number of furan rings is 1. The number of hydrogen-bond donors (Lipinski definition) is 0. The lowest BCUT2D eigenvalue weighted by atomic mass is 9.95. The van der Waals surface area contributed by atoms with Crippen LogP contribution in [-0.4, -0.2) is 24.8 Å². The monoisotopic (exact) mass is 612 g/mol. The summed E-state index contributed by atoms with van der Waals surface area (Å²) in [4.78, 5) is 31.7. The van der Waals surface area contributed by atoms with Gasteiger partial charge >= 0.3 is 5.97 Å². The van der Waals surface area contributed by atoms with Crippen molar-refractivity contribution < 1.29 is 18.7 Å². The van der Waals surface area contributed by atoms with E-state index in [4.69, 9.17) is 25.5 Å². The average Bonchev–Trinajstić information content (AvgIpc) is 3.47. The molecule has 0 saturated heterocycles. The topological polar surface area (TPSA) is 83.0 Å². The maximum Gasteiger partial charge on any atom is 0.338 e. The van der Waals surface area contributed by atoms with Crippen molar-refractivity contribution in [3.8, 4) is 17.1 Å². The fourth-order valence-corrected chi connectivity index (χ4v) is 6.33. The van der Waals surface area contributed by atoms with E-state index in [0.29, 0.717) is 42.9 Å². The van der Waals surface area contributed by atoms with E-state index in [1.54, 1.807) is 31.2 Å². The summed E-state index contributed by atoms with van der Waals surface area (Å²) in [5.41, 5.74) is 2.93. The molecule has 7 nitrogen and oxygen atoms in total. The highest BCUT2D eigenvalue weighted by molar-refractivity contribution is 9.10. The molecule has 10 heteroatoms. The number of carbonyl (C=O) groups excluding carboxylic acids is 1. The smallest absolute Gasteiger partial charge is 0.338 e. The Kier molecular flexibility index (Phi) is 7.17. The van der Waals surface area contributed by atoms with Gasteiger partial charge in [-0.3, -0.25) is 9.36 Å². The van der Waals surface area contributed by atoms with Gasteiger partial charge in [0, 0.05) is 26.7 Å². The SMILES string of the molecule is COC(=O)C1=C(C)N=c2s/c(=C\c3ccc(-c4ccc(C)cc4Br)o3)c(=O)n2[C@H]1c1cc(Cl)ccc1OC. The summed E-state index contributed by atoms with van der Waals surface area (Å²) < 4.78 is 19.5. The molecule has 2 aromatic heterocycles. The van der Waals surface area contributed by atoms with Gasteiger partial charge in [-0.05, 0) is 61.9 Å². The largest absolute Gasteiger partial charge is 0.496 e. The Morgan fingerprint density at radius 2 is 1.95 bits per heavy atom. The van der Waals surface area contributed by atoms with Gasteiger partial charge in [-0.1, -0.05) is 44.9 Å². The molecule has 0 N–H and O–H groups in total. The second kappa shape index (κ2) is 10.4. The van der Waals surface area contributed by atoms with Crippen LogP contribution in [0.25, 0.3) is 17.4 Å². The minimum Gasteiger partial charge on any atom is -0.496 e. The number of thiazole rings is 1. The summed E-state index contributed by atoms with van der Waals surface area (Å²) in [5.74, 6) is 1.07. The highest BCUT2D eigenvalue weighted by atomic mass is 79.9. The standard InChI is InChI=1S/C28H22BrClN2O5S/c1-14-5-8-18(20(29)11-14)22-10-7-17(37-22)13-23-26(33)32-25(19-12-16(30)6-9-21(19)35-3)24(27(34)36-4)15(2)31-28(32)38-23/h5-13,25H,1-4H3/b23-13-/t25-/m0/s1. The Morgan fingerprint density at radius 3 is 2.66 bits per heavy atom. The van der Waals surface area contributed by atoms with Crippen molar-refractivity contribution in [1.82, 2.24) is 4.57 Å². The summed E-state index contributed by atoms with van der Waals surface area (Å²) in [6.07, 6.45) is 1.68. The van der Waals surface area contributed by atoms with E-state index >= 15 is 0 Å². The van der Waals surface area contributed by atoms with Gasteiger partial charge in [0.2, 0.25) is 0 Å². The first-order valence-corrected chi connectivity index (χ1v) is 13.5. The first kappa shape index (κ1) is 26.2. The molecule has 0 spiro atoms. The molecule has 0 unspecified atom stereocenters. The Morgan fingerprint density at radius 1 is 1.16 bits per heavy atom. The van der Waals surface area contributed by atoms with E-state index in [0.717, 1.165) is 15.6 Å². The van der Waals surface area contributed by atoms with E-state index in [9.17, 15) is 9.59 Å². The number of fused-ring (bicyclic) bond motifs is 1. The minimum absolute atomic E-state index is 0.233. The third kappa shape index (κ3) is 4.66. The van der Waals surface area contributed by atoms with Crippen LogP contribution >= 0.6 is 38.9 Å². The van der Waals surface area contributed by atoms with Gasteiger partial charge in [0.25, 0.3) is 5.56 Å². The number of rotatable bonds is 5. The lowest BCUT2D eigenvalue weighted by molar-refractivity contribution is -0.136. The van der Waals surface area contributed by atoms with Crippen LogP contribution in [0, 0.1) is 6.92 Å². The lowest BCUT2D eigenvalue weighted by Gasteiger charge is -2.25. The molecule has 4 aromatic rings. The predicted molar refractivity (Wildman–Crippen MR) is 150 cm³/mol. The molecule has 0 radical (unpaired) electrons. The summed E-state index contributed by atoms with van der Waals surface area (Å²) in [5, 5.41) is 0.437. The molecule has 0 aliphatic carbocycles. The molecule has 0 fully saturated rings. The molecule has 3 heterocycles. The number of halogens is 2. The van der Waals surface area contributed by atoms with Crippen LogP contribution in [-0.2, 0) is 9.53 Å². The predicted octanol–water partition coefficient (Wildman–Crippen LogP) is 5.40. The summed E-state index contributed by atoms with van der Waals surface area (Å²) >= 11 is 11.1. The van der Waals surface area contributed by atoms with Gasteiger partial charge in [-0.15, -0.1) is 0 Å². The van der Waals surface area contributed by atoms with Gasteiger partial charge in [0.05, 0.1) is 30.0 Å². The number of aromatic nitrogens is 1. The van der Waals surface area contributed by atoms with E-state index < -0.39 is 12.0 Å². The first-order chi connectivity index (χ1) is 18.2. The van der Waals surface area contributed by atoms with E-state index in [1.807, 2.05) is 37.3 Å². The number of benzene rings is 2. The normalized spacial score (nSPS) is 15.3. The molecular weight excluding hydrogens is 592 g/mol. The van der Waals surface area contributed by atoms with Crippen LogP contribution in [0.1, 0.15) is 29.9 Å². The number of carbonyl (C=O) groups is 1. The highest BCUT2D eigenvalue weighted by Crippen LogP contribution is 2.37. The minimum atomic E-state index is -0.842. The number of esters is 1. The molecule has 1 aliphatic heterocycles. The van der Waals surface area contributed by atoms with Crippen molar-refractivity contribution in [1.29, 1.82) is 0 Å². The molecule has 0 bridgehead atoms. The lowest BCUT2D eigenvalue weighted by Crippen LogP contribution is -2.40. The Hall–Kier alpha value is -3.40. The van der Waals surface area contributed by atoms with Crippen LogP contribution in [0.5, 0.6) is 5.75 Å². The van der Waals surface area contributed by atoms with Crippen molar-refractivity contribution in [3.05, 3.63) is 106 Å². The molecule has 0 amide bonds. The second-order valence-electron chi connectivity index (χ2n) is 8.64. The van der Waals surface area contributed by atoms with E-state index in [2.05, 4.69) is 20.9 Å². The van der Waals surface area contributed by atoms with Crippen molar-refractivity contribution in [2.75, 3.05) is 14.2 Å². The second-order valence-corrected chi connectivity index (χ2v) is 10.9. The van der Waals surface area contributed by atoms with Gasteiger partial charge < -0.3 is 13.9 Å². The quantitative estimate of drug-likeness (QED) is 0.282. The zero-order valence-corrected chi connectivity index (χ0v) is 24.0. The highest BCUT2D eigenvalue weighted by Gasteiger charge is 2.35. The third-order valence-corrected chi connectivity index (χ3v) is 8.08. The van der Waals surface area contributed by atoms with Crippen LogP contribution in [0.3, 0.4) is 0 Å². The fourth-order valence-electron chi connectivity index (χ4n) is 4.43. The van der Waals surface area contributed by atoms with Gasteiger partial charge in [-0.25, -0.2) is 9.79 Å². The molecular formula is C28H22BrClN2O5S. The zero-order chi connectivity index (χ0) is 27.1. The first-order valence-electron chi connectivity index (χ1n) is 11.5. The van der Waals surface area contributed by atoms with Crippen LogP contribution < -0.4 is 19.6 Å². The molecule has 1 aliphatic rings. The van der Waals surface area contributed by atoms with Gasteiger partial charge in [-0.2, -0.15) is 0 Å². The summed E-state index contributed by atoms with van der Waals surface area (Å²) in [6.45, 7) is 3.73.